The summed E-state index contributed by atoms with van der Waals surface area (Å²) in [5, 5.41) is 2.61. The molecule has 3 aliphatic rings. The lowest BCUT2D eigenvalue weighted by molar-refractivity contribution is 0.0658. The number of fused-ring (bicyclic) bond motifs is 4. The van der Waals surface area contributed by atoms with Crippen LogP contribution in [0.2, 0.25) is 0 Å². The number of nitrogens with one attached hydrogen (secondary N) is 2. The molecule has 1 saturated carbocycles. The number of nitrogens with zero attached hydrogens (tertiary/aromatic N) is 4. The minimum Gasteiger partial charge on any atom is -0.491 e. The summed E-state index contributed by atoms with van der Waals surface area (Å²) in [6.07, 6.45) is 7.63. The highest BCUT2D eigenvalue weighted by atomic mass is 16.5. The van der Waals surface area contributed by atoms with Gasteiger partial charge in [0.15, 0.2) is 5.75 Å². The predicted molar refractivity (Wildman–Crippen MR) is 128 cm³/mol. The smallest absolute Gasteiger partial charge is 0.269 e. The fourth-order valence-corrected chi connectivity index (χ4v) is 5.51. The number of rotatable bonds is 4. The summed E-state index contributed by atoms with van der Waals surface area (Å²) in [7, 11) is 1.61. The van der Waals surface area contributed by atoms with Crippen LogP contribution in [-0.4, -0.2) is 64.6 Å². The fourth-order valence-electron chi connectivity index (χ4n) is 5.51. The summed E-state index contributed by atoms with van der Waals surface area (Å²) < 4.78 is 5.80. The third kappa shape index (κ3) is 3.51. The number of H-pyrrole nitrogens is 1. The van der Waals surface area contributed by atoms with E-state index >= 15 is 0 Å². The highest BCUT2D eigenvalue weighted by Gasteiger charge is 2.43. The molecule has 1 amide bonds. The Hall–Kier alpha value is -3.46. The predicted octanol–water partition coefficient (Wildman–Crippen LogP) is 1.86. The SMILES string of the molecule is CNC(=O)c1ccc(N2CCN(Cc3cnc4c5c(c(=O)[nH]c4c3)CCCO5)[C@@H]3CC[C@H]32)cn1. The largest absolute Gasteiger partial charge is 0.491 e. The molecule has 9 nitrogen and oxygen atoms in total. The number of aromatic nitrogens is 3. The maximum Gasteiger partial charge on any atom is 0.269 e. The molecule has 0 bridgehead atoms. The van der Waals surface area contributed by atoms with Gasteiger partial charge in [0.05, 0.1) is 29.6 Å². The van der Waals surface area contributed by atoms with Gasteiger partial charge in [-0.1, -0.05) is 0 Å². The molecule has 1 saturated heterocycles. The monoisotopic (exact) mass is 460 g/mol. The molecule has 2 N–H and O–H groups in total. The van der Waals surface area contributed by atoms with Gasteiger partial charge in [0, 0.05) is 45.0 Å². The van der Waals surface area contributed by atoms with E-state index in [2.05, 4.69) is 30.1 Å². The molecule has 0 unspecified atom stereocenters. The number of ether oxygens (including phenoxy) is 1. The number of anilines is 1. The van der Waals surface area contributed by atoms with Gasteiger partial charge in [-0.15, -0.1) is 0 Å². The van der Waals surface area contributed by atoms with E-state index in [1.807, 2.05) is 24.5 Å². The van der Waals surface area contributed by atoms with Crippen LogP contribution in [0.25, 0.3) is 11.0 Å². The van der Waals surface area contributed by atoms with Crippen LogP contribution in [0.1, 0.15) is 40.9 Å². The number of piperazine rings is 1. The van der Waals surface area contributed by atoms with Crippen molar-refractivity contribution in [2.45, 2.75) is 44.3 Å². The van der Waals surface area contributed by atoms with E-state index in [9.17, 15) is 9.59 Å². The first-order valence-electron chi connectivity index (χ1n) is 12.0. The average Bonchev–Trinajstić information content (AvgIpc) is 2.84. The topological polar surface area (TPSA) is 103 Å². The van der Waals surface area contributed by atoms with E-state index in [-0.39, 0.29) is 11.5 Å². The third-order valence-corrected chi connectivity index (χ3v) is 7.40. The number of pyridine rings is 3. The van der Waals surface area contributed by atoms with Gasteiger partial charge in [-0.05, 0) is 49.4 Å². The van der Waals surface area contributed by atoms with E-state index in [1.54, 1.807) is 13.1 Å². The van der Waals surface area contributed by atoms with Crippen molar-refractivity contribution in [1.82, 2.24) is 25.2 Å². The van der Waals surface area contributed by atoms with Crippen LogP contribution in [0.4, 0.5) is 5.69 Å². The van der Waals surface area contributed by atoms with Gasteiger partial charge in [-0.2, -0.15) is 0 Å². The Kier molecular flexibility index (Phi) is 5.21. The fraction of sp³-hybridized carbons (Fsp3) is 0.440. The molecule has 2 aliphatic heterocycles. The zero-order valence-corrected chi connectivity index (χ0v) is 19.2. The van der Waals surface area contributed by atoms with Crippen LogP contribution in [0, 0.1) is 0 Å². The van der Waals surface area contributed by atoms with Crippen LogP contribution < -0.4 is 20.5 Å². The molecule has 6 rings (SSSR count). The Morgan fingerprint density at radius 3 is 2.85 bits per heavy atom. The number of carbonyl (C=O) groups excluding carboxylic acids is 1. The van der Waals surface area contributed by atoms with E-state index < -0.39 is 0 Å². The zero-order valence-electron chi connectivity index (χ0n) is 19.2. The molecule has 34 heavy (non-hydrogen) atoms. The van der Waals surface area contributed by atoms with Crippen molar-refractivity contribution in [2.75, 3.05) is 31.6 Å². The number of hydrogen-bond donors (Lipinski definition) is 2. The van der Waals surface area contributed by atoms with Crippen molar-refractivity contribution < 1.29 is 9.53 Å². The van der Waals surface area contributed by atoms with Gasteiger partial charge in [-0.3, -0.25) is 19.5 Å². The van der Waals surface area contributed by atoms with Gasteiger partial charge < -0.3 is 19.9 Å². The Morgan fingerprint density at radius 2 is 2.09 bits per heavy atom. The summed E-state index contributed by atoms with van der Waals surface area (Å²) in [6, 6.07) is 6.74. The van der Waals surface area contributed by atoms with Crippen LogP contribution in [0.5, 0.6) is 5.75 Å². The van der Waals surface area contributed by atoms with E-state index in [1.165, 1.54) is 0 Å². The molecule has 2 fully saturated rings. The average molecular weight is 461 g/mol. The van der Waals surface area contributed by atoms with Crippen molar-refractivity contribution in [3.8, 4) is 5.75 Å². The van der Waals surface area contributed by atoms with Crippen LogP contribution in [0.15, 0.2) is 35.4 Å². The van der Waals surface area contributed by atoms with E-state index in [0.717, 1.165) is 67.6 Å². The number of amides is 1. The highest BCUT2D eigenvalue weighted by Crippen LogP contribution is 2.37. The first-order valence-corrected chi connectivity index (χ1v) is 12.0. The molecule has 0 aromatic carbocycles. The zero-order chi connectivity index (χ0) is 23.2. The molecule has 3 aromatic heterocycles. The molecule has 1 aliphatic carbocycles. The normalized spacial score (nSPS) is 21.9. The molecular weight excluding hydrogens is 432 g/mol. The number of hydrogen-bond acceptors (Lipinski definition) is 7. The lowest BCUT2D eigenvalue weighted by Gasteiger charge is -2.54. The second-order valence-electron chi connectivity index (χ2n) is 9.31. The standard InChI is InChI=1S/C25H28N6O3/c1-26-25(33)18-5-4-16(13-27-18)31-9-8-30(20-6-7-21(20)31)14-15-11-19-22(28-12-15)23-17(24(32)29-19)3-2-10-34-23/h4-5,11-13,20-21H,2-3,6-10,14H2,1H3,(H,26,33)(H,29,32)/t20-,21-/m1/s1. The van der Waals surface area contributed by atoms with Gasteiger partial charge in [0.25, 0.3) is 11.5 Å². The van der Waals surface area contributed by atoms with Gasteiger partial charge in [0.1, 0.15) is 11.2 Å². The lowest BCUT2D eigenvalue weighted by Crippen LogP contribution is -2.64. The second kappa shape index (κ2) is 8.39. The maximum absolute atomic E-state index is 12.5. The van der Waals surface area contributed by atoms with Crippen molar-refractivity contribution >= 4 is 22.6 Å². The quantitative estimate of drug-likeness (QED) is 0.613. The first-order chi connectivity index (χ1) is 16.6. The minimum absolute atomic E-state index is 0.0649. The van der Waals surface area contributed by atoms with Crippen LogP contribution in [-0.2, 0) is 13.0 Å². The Bertz CT molecular complexity index is 1300. The molecule has 0 radical (unpaired) electrons. The summed E-state index contributed by atoms with van der Waals surface area (Å²) >= 11 is 0. The maximum atomic E-state index is 12.5. The Morgan fingerprint density at radius 1 is 1.21 bits per heavy atom. The summed E-state index contributed by atoms with van der Waals surface area (Å²) in [5.74, 6) is 0.482. The van der Waals surface area contributed by atoms with Crippen molar-refractivity contribution in [3.63, 3.8) is 0 Å². The molecule has 2 atom stereocenters. The highest BCUT2D eigenvalue weighted by molar-refractivity contribution is 5.92. The molecule has 9 heteroatoms. The second-order valence-corrected chi connectivity index (χ2v) is 9.31. The molecule has 3 aromatic rings. The lowest BCUT2D eigenvalue weighted by atomic mass is 9.81. The molecule has 5 heterocycles. The third-order valence-electron chi connectivity index (χ3n) is 7.40. The van der Waals surface area contributed by atoms with Crippen molar-refractivity contribution in [2.24, 2.45) is 0 Å². The van der Waals surface area contributed by atoms with Gasteiger partial charge >= 0.3 is 0 Å². The molecule has 176 valence electrons. The van der Waals surface area contributed by atoms with Crippen LogP contribution in [0.3, 0.4) is 0 Å². The molecule has 0 spiro atoms. The Balaban J connectivity index is 1.19. The van der Waals surface area contributed by atoms with Gasteiger partial charge in [0.2, 0.25) is 0 Å². The summed E-state index contributed by atoms with van der Waals surface area (Å²) in [6.45, 7) is 3.26. The number of carbonyl (C=O) groups is 1. The van der Waals surface area contributed by atoms with Gasteiger partial charge in [-0.25, -0.2) is 4.98 Å². The number of aromatic amines is 1. The van der Waals surface area contributed by atoms with E-state index in [0.29, 0.717) is 35.7 Å². The van der Waals surface area contributed by atoms with E-state index in [4.69, 9.17) is 4.74 Å². The van der Waals surface area contributed by atoms with Crippen molar-refractivity contribution in [3.05, 3.63) is 57.8 Å². The minimum atomic E-state index is -0.171. The Labute approximate surface area is 197 Å². The first kappa shape index (κ1) is 21.1. The summed E-state index contributed by atoms with van der Waals surface area (Å²) in [4.78, 5) is 41.3. The summed E-state index contributed by atoms with van der Waals surface area (Å²) in [5.41, 5.74) is 4.73. The van der Waals surface area contributed by atoms with Crippen LogP contribution >= 0.6 is 0 Å². The van der Waals surface area contributed by atoms with Crippen molar-refractivity contribution in [1.29, 1.82) is 0 Å². The molecular formula is C25H28N6O3.